The Labute approximate surface area is 175 Å². The van der Waals surface area contributed by atoms with Crippen LogP contribution in [0.4, 0.5) is 0 Å². The maximum Gasteiger partial charge on any atom is 0.308 e. The van der Waals surface area contributed by atoms with Crippen LogP contribution in [-0.4, -0.2) is 76.7 Å². The molecule has 1 fully saturated rings. The van der Waals surface area contributed by atoms with Crippen molar-refractivity contribution in [3.8, 4) is 0 Å². The number of hydrogen-bond donors (Lipinski definition) is 1. The Morgan fingerprint density at radius 2 is 1.97 bits per heavy atom. The Morgan fingerprint density at radius 3 is 2.63 bits per heavy atom. The lowest BCUT2D eigenvalue weighted by Crippen LogP contribution is -2.44. The van der Waals surface area contributed by atoms with Crippen LogP contribution in [0.3, 0.4) is 0 Å². The molecular weight excluding hydrogens is 434 g/mol. The minimum absolute atomic E-state index is 0.0252. The second-order valence-corrected chi connectivity index (χ2v) is 11.1. The van der Waals surface area contributed by atoms with E-state index in [0.29, 0.717) is 12.0 Å². The molecule has 0 unspecified atom stereocenters. The van der Waals surface area contributed by atoms with Gasteiger partial charge in [-0.15, -0.1) is 0 Å². The first kappa shape index (κ1) is 22.2. The Morgan fingerprint density at radius 1 is 1.27 bits per heavy atom. The standard InChI is InChI=1S/C18H23N3O7S2/c1-12(18(23)21(2)13-8-10-29(24,25)11-13)28-16(22)7-9-19-17-14-5-3-4-6-15(14)30(26,27)20-17/h3-6,12-13H,7-11H2,1-2H3,(H,19,20)/t12-,13+/m0/s1. The molecular formula is C18H23N3O7S2. The number of hydrogen-bond acceptors (Lipinski definition) is 8. The fraction of sp³-hybridized carbons (Fsp3) is 0.500. The summed E-state index contributed by atoms with van der Waals surface area (Å²) >= 11 is 0. The summed E-state index contributed by atoms with van der Waals surface area (Å²) in [5.41, 5.74) is 0.433. The maximum atomic E-state index is 12.4. The van der Waals surface area contributed by atoms with Gasteiger partial charge in [0.2, 0.25) is 0 Å². The van der Waals surface area contributed by atoms with Crippen molar-refractivity contribution in [1.82, 2.24) is 9.62 Å². The molecule has 30 heavy (non-hydrogen) atoms. The summed E-state index contributed by atoms with van der Waals surface area (Å²) in [5, 5.41) is 0. The van der Waals surface area contributed by atoms with Gasteiger partial charge < -0.3 is 9.64 Å². The molecule has 3 rings (SSSR count). The zero-order valence-corrected chi connectivity index (χ0v) is 18.2. The van der Waals surface area contributed by atoms with Crippen molar-refractivity contribution in [1.29, 1.82) is 0 Å². The molecule has 2 aliphatic heterocycles. The molecule has 0 spiro atoms. The van der Waals surface area contributed by atoms with E-state index in [1.807, 2.05) is 0 Å². The predicted octanol–water partition coefficient (Wildman–Crippen LogP) is -0.308. The SMILES string of the molecule is C[C@H](OC(=O)CCN=C1NS(=O)(=O)c2ccccc21)C(=O)N(C)[C@@H]1CCS(=O)(=O)C1. The second kappa shape index (κ2) is 8.34. The van der Waals surface area contributed by atoms with Crippen LogP contribution in [0.25, 0.3) is 0 Å². The number of esters is 1. The summed E-state index contributed by atoms with van der Waals surface area (Å²) < 4.78 is 54.7. The summed E-state index contributed by atoms with van der Waals surface area (Å²) in [4.78, 5) is 30.0. The fourth-order valence-corrected chi connectivity index (χ4v) is 6.39. The van der Waals surface area contributed by atoms with Crippen LogP contribution in [0.15, 0.2) is 34.2 Å². The van der Waals surface area contributed by atoms with Gasteiger partial charge in [-0.25, -0.2) is 16.8 Å². The first-order valence-corrected chi connectivity index (χ1v) is 12.6. The molecule has 0 aromatic heterocycles. The molecule has 1 amide bonds. The average Bonchev–Trinajstić information content (AvgIpc) is 3.17. The van der Waals surface area contributed by atoms with Gasteiger partial charge >= 0.3 is 5.97 Å². The number of amidine groups is 1. The number of ether oxygens (including phenoxy) is 1. The third-order valence-electron chi connectivity index (χ3n) is 5.01. The van der Waals surface area contributed by atoms with Crippen molar-refractivity contribution in [2.45, 2.75) is 36.8 Å². The molecule has 10 nitrogen and oxygen atoms in total. The second-order valence-electron chi connectivity index (χ2n) is 7.22. The number of sulfonamides is 1. The monoisotopic (exact) mass is 457 g/mol. The minimum atomic E-state index is -3.65. The van der Waals surface area contributed by atoms with Gasteiger partial charge in [0, 0.05) is 18.7 Å². The number of fused-ring (bicyclic) bond motifs is 1. The fourth-order valence-electron chi connectivity index (χ4n) is 3.36. The molecule has 1 aromatic rings. The number of carbonyl (C=O) groups excluding carboxylic acids is 2. The minimum Gasteiger partial charge on any atom is -0.452 e. The number of nitrogens with one attached hydrogen (secondary N) is 1. The molecule has 1 saturated heterocycles. The van der Waals surface area contributed by atoms with E-state index in [0.717, 1.165) is 0 Å². The van der Waals surface area contributed by atoms with E-state index < -0.39 is 43.9 Å². The van der Waals surface area contributed by atoms with Crippen molar-refractivity contribution in [3.63, 3.8) is 0 Å². The van der Waals surface area contributed by atoms with E-state index in [9.17, 15) is 26.4 Å². The van der Waals surface area contributed by atoms with Gasteiger partial charge in [-0.3, -0.25) is 19.3 Å². The van der Waals surface area contributed by atoms with Gasteiger partial charge in [-0.2, -0.15) is 0 Å². The first-order valence-electron chi connectivity index (χ1n) is 9.33. The lowest BCUT2D eigenvalue weighted by Gasteiger charge is -2.26. The molecule has 164 valence electrons. The molecule has 1 N–H and O–H groups in total. The summed E-state index contributed by atoms with van der Waals surface area (Å²) in [6.07, 6.45) is -0.851. The highest BCUT2D eigenvalue weighted by Crippen LogP contribution is 2.22. The lowest BCUT2D eigenvalue weighted by atomic mass is 10.2. The maximum absolute atomic E-state index is 12.4. The zero-order chi connectivity index (χ0) is 22.1. The first-order chi connectivity index (χ1) is 14.0. The topological polar surface area (TPSA) is 139 Å². The Kier molecular flexibility index (Phi) is 6.18. The van der Waals surface area contributed by atoms with Crippen LogP contribution in [-0.2, 0) is 34.2 Å². The van der Waals surface area contributed by atoms with Crippen LogP contribution in [0.1, 0.15) is 25.3 Å². The number of sulfone groups is 1. The van der Waals surface area contributed by atoms with Gasteiger partial charge in [0.05, 0.1) is 29.4 Å². The van der Waals surface area contributed by atoms with Crippen LogP contribution in [0.5, 0.6) is 0 Å². The van der Waals surface area contributed by atoms with E-state index in [1.165, 1.54) is 24.9 Å². The number of amides is 1. The van der Waals surface area contributed by atoms with Gasteiger partial charge in [-0.05, 0) is 25.5 Å². The van der Waals surface area contributed by atoms with Crippen LogP contribution < -0.4 is 4.72 Å². The van der Waals surface area contributed by atoms with Crippen molar-refractivity contribution in [2.24, 2.45) is 4.99 Å². The summed E-state index contributed by atoms with van der Waals surface area (Å²) in [6.45, 7) is 1.40. The summed E-state index contributed by atoms with van der Waals surface area (Å²) in [7, 11) is -5.30. The number of aliphatic imine (C=N–C) groups is 1. The van der Waals surface area contributed by atoms with Crippen molar-refractivity contribution < 1.29 is 31.2 Å². The summed E-state index contributed by atoms with van der Waals surface area (Å²) in [5.74, 6) is -1.04. The van der Waals surface area contributed by atoms with Crippen molar-refractivity contribution in [3.05, 3.63) is 29.8 Å². The molecule has 0 bridgehead atoms. The Balaban J connectivity index is 1.53. The van der Waals surface area contributed by atoms with Gasteiger partial charge in [0.25, 0.3) is 15.9 Å². The van der Waals surface area contributed by atoms with E-state index in [2.05, 4.69) is 9.71 Å². The van der Waals surface area contributed by atoms with E-state index in [1.54, 1.807) is 18.2 Å². The number of benzene rings is 1. The highest BCUT2D eigenvalue weighted by Gasteiger charge is 2.35. The lowest BCUT2D eigenvalue weighted by molar-refractivity contribution is -0.159. The molecule has 2 aliphatic rings. The normalized spacial score (nSPS) is 23.4. The van der Waals surface area contributed by atoms with E-state index in [-0.39, 0.29) is 35.2 Å². The molecule has 2 heterocycles. The quantitative estimate of drug-likeness (QED) is 0.578. The van der Waals surface area contributed by atoms with Gasteiger partial charge in [0.15, 0.2) is 15.9 Å². The Hall–Kier alpha value is -2.47. The number of carbonyl (C=O) groups is 2. The third-order valence-corrected chi connectivity index (χ3v) is 8.16. The van der Waals surface area contributed by atoms with Crippen LogP contribution in [0.2, 0.25) is 0 Å². The third kappa shape index (κ3) is 4.81. The zero-order valence-electron chi connectivity index (χ0n) is 16.6. The number of likely N-dealkylation sites (N-methyl/N-ethyl adjacent to an activating group) is 1. The largest absolute Gasteiger partial charge is 0.452 e. The smallest absolute Gasteiger partial charge is 0.308 e. The highest BCUT2D eigenvalue weighted by molar-refractivity contribution is 7.91. The van der Waals surface area contributed by atoms with Crippen molar-refractivity contribution in [2.75, 3.05) is 25.1 Å². The predicted molar refractivity (Wildman–Crippen MR) is 108 cm³/mol. The molecule has 0 aliphatic carbocycles. The van der Waals surface area contributed by atoms with E-state index >= 15 is 0 Å². The molecule has 1 aromatic carbocycles. The molecule has 0 saturated carbocycles. The van der Waals surface area contributed by atoms with Crippen LogP contribution in [0, 0.1) is 0 Å². The van der Waals surface area contributed by atoms with Gasteiger partial charge in [-0.1, -0.05) is 12.1 Å². The van der Waals surface area contributed by atoms with Crippen LogP contribution >= 0.6 is 0 Å². The van der Waals surface area contributed by atoms with E-state index in [4.69, 9.17) is 4.74 Å². The molecule has 12 heteroatoms. The molecule has 0 radical (unpaired) electrons. The highest BCUT2D eigenvalue weighted by atomic mass is 32.2. The Bertz CT molecular complexity index is 1100. The number of nitrogens with zero attached hydrogens (tertiary/aromatic N) is 2. The average molecular weight is 458 g/mol. The molecule has 2 atom stereocenters. The number of rotatable bonds is 6. The van der Waals surface area contributed by atoms with Crippen molar-refractivity contribution >= 4 is 37.6 Å². The summed E-state index contributed by atoms with van der Waals surface area (Å²) in [6, 6.07) is 5.95. The van der Waals surface area contributed by atoms with Gasteiger partial charge in [0.1, 0.15) is 5.84 Å².